The van der Waals surface area contributed by atoms with Crippen LogP contribution in [-0.4, -0.2) is 46.5 Å². The van der Waals surface area contributed by atoms with Crippen LogP contribution in [0.5, 0.6) is 0 Å². The van der Waals surface area contributed by atoms with E-state index in [-0.39, 0.29) is 24.4 Å². The predicted octanol–water partition coefficient (Wildman–Crippen LogP) is 2.94. The van der Waals surface area contributed by atoms with E-state index in [1.807, 2.05) is 0 Å². The van der Waals surface area contributed by atoms with Crippen molar-refractivity contribution >= 4 is 17.8 Å². The van der Waals surface area contributed by atoms with E-state index in [9.17, 15) is 19.5 Å². The number of ether oxygens (including phenoxy) is 1. The molecule has 29 heavy (non-hydrogen) atoms. The molecule has 1 heterocycles. The zero-order valence-electron chi connectivity index (χ0n) is 16.6. The highest BCUT2D eigenvalue weighted by atomic mass is 16.5. The number of fused-ring (bicyclic) bond motifs is 1. The number of esters is 1. The molecular formula is C23H27NO5. The van der Waals surface area contributed by atoms with Crippen LogP contribution in [0.4, 0.5) is 0 Å². The summed E-state index contributed by atoms with van der Waals surface area (Å²) in [5.74, 6) is 0.241. The lowest BCUT2D eigenvalue weighted by atomic mass is 9.48. The molecule has 4 saturated carbocycles. The van der Waals surface area contributed by atoms with Gasteiger partial charge >= 0.3 is 5.97 Å². The summed E-state index contributed by atoms with van der Waals surface area (Å²) in [5.41, 5.74) is -0.247. The second-order valence-electron chi connectivity index (χ2n) is 9.62. The summed E-state index contributed by atoms with van der Waals surface area (Å²) < 4.78 is 5.61. The van der Waals surface area contributed by atoms with Crippen molar-refractivity contribution in [2.75, 3.05) is 13.2 Å². The molecule has 6 nitrogen and oxygen atoms in total. The summed E-state index contributed by atoms with van der Waals surface area (Å²) in [5, 5.41) is 10.8. The fraction of sp³-hybridized carbons (Fsp3) is 0.609. The Morgan fingerprint density at radius 1 is 1.03 bits per heavy atom. The molecule has 5 aliphatic rings. The third kappa shape index (κ3) is 3.08. The van der Waals surface area contributed by atoms with E-state index in [0.717, 1.165) is 32.1 Å². The standard InChI is InChI=1S/C23H27NO5/c25-19-17-5-1-2-6-18(17)20(26)24(19)7-3-4-8-29-21(27)22-10-15-9-16(11-22)13-23(28,12-15)14-22/h1-2,5-6,15-16,28H,3-4,7-14H2/t15-,16-,22?,23?/m1/s1. The Hall–Kier alpha value is -2.21. The number of carbonyl (C=O) groups is 3. The van der Waals surface area contributed by atoms with Crippen molar-refractivity contribution in [2.24, 2.45) is 17.3 Å². The summed E-state index contributed by atoms with van der Waals surface area (Å²) in [6, 6.07) is 6.87. The minimum atomic E-state index is -0.672. The van der Waals surface area contributed by atoms with Crippen LogP contribution in [0.25, 0.3) is 0 Å². The van der Waals surface area contributed by atoms with Gasteiger partial charge in [0, 0.05) is 6.54 Å². The van der Waals surface area contributed by atoms with Gasteiger partial charge in [-0.1, -0.05) is 12.1 Å². The SMILES string of the molecule is O=C1c2ccccc2C(=O)N1CCCCOC(=O)C12C[C@H]3C[C@@H](CC(O)(C3)C1)C2. The molecule has 0 spiro atoms. The zero-order valence-corrected chi connectivity index (χ0v) is 16.6. The van der Waals surface area contributed by atoms with Crippen LogP contribution in [0.15, 0.2) is 24.3 Å². The number of carbonyl (C=O) groups excluding carboxylic acids is 3. The van der Waals surface area contributed by atoms with Gasteiger partial charge in [0.1, 0.15) is 0 Å². The molecule has 1 aliphatic heterocycles. The van der Waals surface area contributed by atoms with E-state index >= 15 is 0 Å². The third-order valence-electron chi connectivity index (χ3n) is 7.35. The van der Waals surface area contributed by atoms with E-state index < -0.39 is 11.0 Å². The van der Waals surface area contributed by atoms with Crippen LogP contribution in [0.2, 0.25) is 0 Å². The molecule has 1 N–H and O–H groups in total. The Balaban J connectivity index is 1.11. The van der Waals surface area contributed by atoms with Crippen LogP contribution < -0.4 is 0 Å². The Bertz CT molecular complexity index is 829. The molecule has 6 heteroatoms. The lowest BCUT2D eigenvalue weighted by Crippen LogP contribution is -2.58. The minimum Gasteiger partial charge on any atom is -0.465 e. The van der Waals surface area contributed by atoms with Gasteiger partial charge in [-0.2, -0.15) is 0 Å². The fourth-order valence-electron chi connectivity index (χ4n) is 6.59. The Labute approximate surface area is 170 Å². The zero-order chi connectivity index (χ0) is 20.2. The average molecular weight is 397 g/mol. The van der Waals surface area contributed by atoms with Gasteiger partial charge in [-0.15, -0.1) is 0 Å². The molecule has 0 radical (unpaired) electrons. The molecule has 4 bridgehead atoms. The van der Waals surface area contributed by atoms with Crippen molar-refractivity contribution in [3.63, 3.8) is 0 Å². The molecule has 154 valence electrons. The molecule has 0 unspecified atom stereocenters. The van der Waals surface area contributed by atoms with Crippen molar-refractivity contribution in [3.05, 3.63) is 35.4 Å². The second kappa shape index (κ2) is 6.66. The molecule has 6 rings (SSSR count). The second-order valence-corrected chi connectivity index (χ2v) is 9.62. The lowest BCUT2D eigenvalue weighted by molar-refractivity contribution is -0.196. The van der Waals surface area contributed by atoms with Gasteiger partial charge in [0.2, 0.25) is 0 Å². The highest BCUT2D eigenvalue weighted by molar-refractivity contribution is 6.21. The van der Waals surface area contributed by atoms with Gasteiger partial charge in [-0.25, -0.2) is 0 Å². The van der Waals surface area contributed by atoms with Crippen LogP contribution >= 0.6 is 0 Å². The average Bonchev–Trinajstić information content (AvgIpc) is 2.90. The Morgan fingerprint density at radius 2 is 1.66 bits per heavy atom. The molecule has 1 aromatic carbocycles. The fourth-order valence-corrected chi connectivity index (χ4v) is 6.59. The molecule has 2 amide bonds. The van der Waals surface area contributed by atoms with E-state index in [2.05, 4.69) is 0 Å². The monoisotopic (exact) mass is 397 g/mol. The highest BCUT2D eigenvalue weighted by Gasteiger charge is 2.60. The third-order valence-corrected chi connectivity index (χ3v) is 7.35. The molecular weight excluding hydrogens is 370 g/mol. The summed E-state index contributed by atoms with van der Waals surface area (Å²) in [4.78, 5) is 38.9. The number of imide groups is 1. The number of amides is 2. The van der Waals surface area contributed by atoms with E-state index in [4.69, 9.17) is 4.74 Å². The van der Waals surface area contributed by atoms with Crippen LogP contribution in [0.3, 0.4) is 0 Å². The number of benzene rings is 1. The van der Waals surface area contributed by atoms with Crippen LogP contribution in [0, 0.1) is 17.3 Å². The summed E-state index contributed by atoms with van der Waals surface area (Å²) in [6.07, 6.45) is 6.24. The normalized spacial score (nSPS) is 34.6. The number of rotatable bonds is 6. The molecule has 1 aromatic rings. The molecule has 2 atom stereocenters. The Kier molecular flexibility index (Phi) is 4.32. The Morgan fingerprint density at radius 3 is 2.24 bits per heavy atom. The minimum absolute atomic E-state index is 0.161. The van der Waals surface area contributed by atoms with Gasteiger partial charge in [-0.05, 0) is 75.3 Å². The largest absolute Gasteiger partial charge is 0.465 e. The first-order chi connectivity index (χ1) is 13.9. The quantitative estimate of drug-likeness (QED) is 0.453. The highest BCUT2D eigenvalue weighted by Crippen LogP contribution is 2.61. The van der Waals surface area contributed by atoms with Gasteiger partial charge in [0.05, 0.1) is 28.7 Å². The summed E-state index contributed by atoms with van der Waals surface area (Å²) in [6.45, 7) is 0.621. The molecule has 4 aliphatic carbocycles. The van der Waals surface area contributed by atoms with Crippen LogP contribution in [0.1, 0.15) is 72.1 Å². The first kappa shape index (κ1) is 18.8. The number of nitrogens with zero attached hydrogens (tertiary/aromatic N) is 1. The summed E-state index contributed by atoms with van der Waals surface area (Å²) >= 11 is 0. The maximum absolute atomic E-state index is 12.9. The van der Waals surface area contributed by atoms with Crippen molar-refractivity contribution in [3.8, 4) is 0 Å². The van der Waals surface area contributed by atoms with Gasteiger partial charge in [-0.3, -0.25) is 19.3 Å². The number of hydrogen-bond donors (Lipinski definition) is 1. The molecule has 0 saturated heterocycles. The number of aliphatic hydroxyl groups is 1. The van der Waals surface area contributed by atoms with Gasteiger partial charge in [0.15, 0.2) is 0 Å². The smallest absolute Gasteiger partial charge is 0.312 e. The van der Waals surface area contributed by atoms with Crippen molar-refractivity contribution in [1.29, 1.82) is 0 Å². The first-order valence-corrected chi connectivity index (χ1v) is 10.7. The predicted molar refractivity (Wildman–Crippen MR) is 104 cm³/mol. The van der Waals surface area contributed by atoms with Crippen molar-refractivity contribution in [2.45, 2.75) is 57.0 Å². The topological polar surface area (TPSA) is 83.9 Å². The van der Waals surface area contributed by atoms with Gasteiger partial charge < -0.3 is 9.84 Å². The van der Waals surface area contributed by atoms with E-state index in [1.54, 1.807) is 24.3 Å². The maximum Gasteiger partial charge on any atom is 0.312 e. The molecule has 0 aromatic heterocycles. The molecule has 4 fully saturated rings. The number of hydrogen-bond acceptors (Lipinski definition) is 5. The first-order valence-electron chi connectivity index (χ1n) is 10.7. The number of unbranched alkanes of at least 4 members (excludes halogenated alkanes) is 1. The van der Waals surface area contributed by atoms with Crippen LogP contribution in [-0.2, 0) is 9.53 Å². The van der Waals surface area contributed by atoms with E-state index in [0.29, 0.717) is 48.8 Å². The van der Waals surface area contributed by atoms with Crippen molar-refractivity contribution in [1.82, 2.24) is 4.90 Å². The van der Waals surface area contributed by atoms with Gasteiger partial charge in [0.25, 0.3) is 11.8 Å². The van der Waals surface area contributed by atoms with Crippen molar-refractivity contribution < 1.29 is 24.2 Å². The summed E-state index contributed by atoms with van der Waals surface area (Å²) in [7, 11) is 0. The van der Waals surface area contributed by atoms with E-state index in [1.165, 1.54) is 4.90 Å². The lowest BCUT2D eigenvalue weighted by Gasteiger charge is -2.58. The maximum atomic E-state index is 12.9.